The summed E-state index contributed by atoms with van der Waals surface area (Å²) in [7, 11) is 2.41. The number of nitrogens with zero attached hydrogens (tertiary/aromatic N) is 2. The van der Waals surface area contributed by atoms with Gasteiger partial charge in [-0.2, -0.15) is 30.7 Å². The smallest absolute Gasteiger partial charge is 0.294 e. The lowest BCUT2D eigenvalue weighted by Crippen LogP contribution is -2.50. The molecule has 1 heterocycles. The molecule has 0 amide bonds. The largest absolute Gasteiger partial charge is 0.435 e. The lowest BCUT2D eigenvalue weighted by molar-refractivity contribution is -0.348. The van der Waals surface area contributed by atoms with Gasteiger partial charge in [-0.25, -0.2) is 9.38 Å². The molecule has 1 aromatic heterocycles. The van der Waals surface area contributed by atoms with Gasteiger partial charge in [-0.1, -0.05) is 30.7 Å². The van der Waals surface area contributed by atoms with Gasteiger partial charge in [0.2, 0.25) is 0 Å². The van der Waals surface area contributed by atoms with Gasteiger partial charge in [0.25, 0.3) is 0 Å². The second kappa shape index (κ2) is 10.5. The average Bonchev–Trinajstić information content (AvgIpc) is 3.18. The van der Waals surface area contributed by atoms with E-state index in [9.17, 15) is 35.5 Å². The molecule has 36 heavy (non-hydrogen) atoms. The van der Waals surface area contributed by atoms with Gasteiger partial charge in [-0.3, -0.25) is 4.79 Å². The van der Waals surface area contributed by atoms with E-state index >= 15 is 0 Å². The van der Waals surface area contributed by atoms with Crippen molar-refractivity contribution in [3.05, 3.63) is 72.4 Å². The summed E-state index contributed by atoms with van der Waals surface area (Å²) in [6.07, 6.45) is -12.8. The van der Waals surface area contributed by atoms with Crippen molar-refractivity contribution in [2.24, 2.45) is 4.99 Å². The van der Waals surface area contributed by atoms with Crippen molar-refractivity contribution in [2.45, 2.75) is 44.7 Å². The molecule has 0 radical (unpaired) electrons. The van der Waals surface area contributed by atoms with E-state index in [0.717, 1.165) is 10.5 Å². The number of ketones is 1. The molecule has 14 heteroatoms. The third-order valence-corrected chi connectivity index (χ3v) is 8.17. The molecule has 0 saturated heterocycles. The van der Waals surface area contributed by atoms with Crippen LogP contribution in [-0.4, -0.2) is 22.5 Å². The minimum Gasteiger partial charge on any atom is -0.294 e. The molecule has 2 aromatic carbocycles. The number of alkyl halides is 7. The van der Waals surface area contributed by atoms with Crippen LogP contribution in [-0.2, 0) is 18.5 Å². The first kappa shape index (κ1) is 28.7. The van der Waals surface area contributed by atoms with Crippen LogP contribution in [0.5, 0.6) is 0 Å². The van der Waals surface area contributed by atoms with Crippen LogP contribution in [0.25, 0.3) is 0 Å². The number of hydrogen-bond donors (Lipinski definition) is 0. The zero-order valence-electron chi connectivity index (χ0n) is 18.3. The van der Waals surface area contributed by atoms with Crippen molar-refractivity contribution in [2.75, 3.05) is 0 Å². The van der Waals surface area contributed by atoms with Gasteiger partial charge < -0.3 is 0 Å². The molecule has 3 rings (SSSR count). The molecule has 0 aliphatic carbocycles. The van der Waals surface area contributed by atoms with E-state index < -0.39 is 29.4 Å². The Morgan fingerprint density at radius 1 is 1.08 bits per heavy atom. The highest BCUT2D eigenvalue weighted by atomic mass is 79.9. The monoisotopic (exact) mass is 634 g/mol. The van der Waals surface area contributed by atoms with Gasteiger partial charge in [0.15, 0.2) is 15.6 Å². The van der Waals surface area contributed by atoms with E-state index in [2.05, 4.69) is 25.3 Å². The van der Waals surface area contributed by atoms with Crippen molar-refractivity contribution >= 4 is 59.9 Å². The zero-order valence-corrected chi connectivity index (χ0v) is 22.3. The number of carbonyl (C=O) groups excluding carboxylic acids is 1. The van der Waals surface area contributed by atoms with Crippen LogP contribution in [0.2, 0.25) is 5.15 Å². The molecule has 194 valence electrons. The van der Waals surface area contributed by atoms with Crippen LogP contribution < -0.4 is 4.67 Å². The molecule has 3 nitrogen and oxygen atoms in total. The summed E-state index contributed by atoms with van der Waals surface area (Å²) in [6, 6.07) is 5.57. The SMILES string of the molecule is CCc1cc(C(F)(C(F)(F)F)C(F)(F)F)cc(C)c1CC(=O)c1ccc(N=c2ssnc2Cl)c(Br)c1. The maximum Gasteiger partial charge on any atom is 0.435 e. The van der Waals surface area contributed by atoms with Crippen molar-refractivity contribution in [3.63, 3.8) is 0 Å². The summed E-state index contributed by atoms with van der Waals surface area (Å²) in [5.74, 6) is -0.441. The fraction of sp³-hybridized carbons (Fsp3) is 0.318. The van der Waals surface area contributed by atoms with E-state index in [4.69, 9.17) is 11.6 Å². The molecule has 3 aromatic rings. The maximum absolute atomic E-state index is 14.6. The third-order valence-electron chi connectivity index (χ3n) is 5.36. The van der Waals surface area contributed by atoms with Gasteiger partial charge in [0.1, 0.15) is 0 Å². The zero-order chi connectivity index (χ0) is 27.1. The van der Waals surface area contributed by atoms with Gasteiger partial charge in [-0.05, 0) is 74.5 Å². The standard InChI is InChI=1S/C22H15BrClF7N2OS2/c1-3-11-7-13(20(25,21(26,27)28)22(29,30)31)6-10(2)14(11)9-17(34)12-4-5-16(15(23)8-12)32-19-18(24)33-36-35-19/h4-8H,3,9H2,1-2H3. The summed E-state index contributed by atoms with van der Waals surface area (Å²) in [6.45, 7) is 2.74. The summed E-state index contributed by atoms with van der Waals surface area (Å²) in [4.78, 5) is 17.3. The number of Topliss-reactive ketones (excluding diaryl/α,β-unsaturated/α-hetero) is 1. The molecule has 0 bridgehead atoms. The van der Waals surface area contributed by atoms with E-state index in [1.54, 1.807) is 6.07 Å². The maximum atomic E-state index is 14.6. The number of rotatable bonds is 6. The highest BCUT2D eigenvalue weighted by Crippen LogP contribution is 2.53. The first-order chi connectivity index (χ1) is 16.6. The molecule has 0 aliphatic rings. The number of halogens is 9. The summed E-state index contributed by atoms with van der Waals surface area (Å²) < 4.78 is 98.8. The molecular weight excluding hydrogens is 621 g/mol. The Bertz CT molecular complexity index is 1350. The Labute approximate surface area is 221 Å². The number of aromatic nitrogens is 1. The van der Waals surface area contributed by atoms with Crippen LogP contribution >= 0.6 is 48.4 Å². The lowest BCUT2D eigenvalue weighted by atomic mass is 9.86. The highest BCUT2D eigenvalue weighted by molar-refractivity contribution is 9.10. The molecule has 0 fully saturated rings. The van der Waals surface area contributed by atoms with E-state index in [1.807, 2.05) is 0 Å². The van der Waals surface area contributed by atoms with Crippen LogP contribution in [0, 0.1) is 6.92 Å². The first-order valence-corrected chi connectivity index (χ1v) is 13.3. The summed E-state index contributed by atoms with van der Waals surface area (Å²) >= 11 is 9.27. The second-order valence-electron chi connectivity index (χ2n) is 7.66. The summed E-state index contributed by atoms with van der Waals surface area (Å²) in [5.41, 5.74) is -6.21. The fourth-order valence-electron chi connectivity index (χ4n) is 3.51. The molecule has 0 spiro atoms. The van der Waals surface area contributed by atoms with E-state index in [-0.39, 0.29) is 40.2 Å². The highest BCUT2D eigenvalue weighted by Gasteiger charge is 2.73. The minimum atomic E-state index is -6.22. The predicted octanol–water partition coefficient (Wildman–Crippen LogP) is 8.44. The third kappa shape index (κ3) is 5.53. The van der Waals surface area contributed by atoms with Crippen molar-refractivity contribution < 1.29 is 35.5 Å². The fourth-order valence-corrected chi connectivity index (χ4v) is 5.97. The summed E-state index contributed by atoms with van der Waals surface area (Å²) in [5, 5.41) is 0.233. The molecule has 0 saturated carbocycles. The molecule has 0 aliphatic heterocycles. The van der Waals surface area contributed by atoms with Crippen LogP contribution in [0.1, 0.15) is 39.5 Å². The first-order valence-electron chi connectivity index (χ1n) is 10.0. The molecule has 0 atom stereocenters. The predicted molar refractivity (Wildman–Crippen MR) is 128 cm³/mol. The van der Waals surface area contributed by atoms with E-state index in [1.165, 1.54) is 36.3 Å². The van der Waals surface area contributed by atoms with Crippen LogP contribution in [0.15, 0.2) is 39.8 Å². The molecule has 0 unspecified atom stereocenters. The topological polar surface area (TPSA) is 42.3 Å². The van der Waals surface area contributed by atoms with E-state index in [0.29, 0.717) is 27.0 Å². The van der Waals surface area contributed by atoms with Gasteiger partial charge in [-0.15, -0.1) is 0 Å². The van der Waals surface area contributed by atoms with Crippen LogP contribution in [0.3, 0.4) is 0 Å². The average molecular weight is 636 g/mol. The number of aryl methyl sites for hydroxylation is 2. The minimum absolute atomic E-state index is 0.0127. The number of carbonyl (C=O) groups is 1. The number of hydrogen-bond acceptors (Lipinski definition) is 5. The Kier molecular flexibility index (Phi) is 8.38. The van der Waals surface area contributed by atoms with Crippen molar-refractivity contribution in [1.29, 1.82) is 0 Å². The Hall–Kier alpha value is -1.83. The van der Waals surface area contributed by atoms with Gasteiger partial charge in [0, 0.05) is 32.6 Å². The normalized spacial score (nSPS) is 13.4. The van der Waals surface area contributed by atoms with Gasteiger partial charge in [0.05, 0.1) is 5.69 Å². The number of benzene rings is 2. The quantitative estimate of drug-likeness (QED) is 0.155. The second-order valence-corrected chi connectivity index (χ2v) is 10.7. The Morgan fingerprint density at radius 2 is 1.72 bits per heavy atom. The Balaban J connectivity index is 1.98. The van der Waals surface area contributed by atoms with Crippen LogP contribution in [0.4, 0.5) is 36.4 Å². The molecular formula is C22H15BrClF7N2OS2. The van der Waals surface area contributed by atoms with Gasteiger partial charge >= 0.3 is 18.0 Å². The van der Waals surface area contributed by atoms with Crippen molar-refractivity contribution in [3.8, 4) is 0 Å². The Morgan fingerprint density at radius 3 is 2.22 bits per heavy atom. The lowest BCUT2D eigenvalue weighted by Gasteiger charge is -2.31. The molecule has 0 N–H and O–H groups in total. The van der Waals surface area contributed by atoms with Crippen molar-refractivity contribution in [1.82, 2.24) is 4.37 Å².